The van der Waals surface area contributed by atoms with Gasteiger partial charge in [-0.1, -0.05) is 23.8 Å². The molecule has 0 aliphatic carbocycles. The maximum absolute atomic E-state index is 12.3. The number of aromatic nitrogens is 4. The molecule has 0 bridgehead atoms. The summed E-state index contributed by atoms with van der Waals surface area (Å²) in [5.74, 6) is 0.115. The van der Waals surface area contributed by atoms with Crippen LogP contribution in [0.5, 0.6) is 0 Å². The lowest BCUT2D eigenvalue weighted by Crippen LogP contribution is -2.29. The number of pyridine rings is 1. The average Bonchev–Trinajstić information content (AvgIpc) is 2.87. The Bertz CT molecular complexity index is 973. The Morgan fingerprint density at radius 1 is 1.20 bits per heavy atom. The Labute approximate surface area is 144 Å². The fraction of sp³-hybridized carbons (Fsp3) is 0.222. The van der Waals surface area contributed by atoms with Crippen LogP contribution in [0.4, 0.5) is 5.69 Å². The molecule has 0 unspecified atom stereocenters. The Hall–Kier alpha value is -3.22. The Kier molecular flexibility index (Phi) is 4.47. The van der Waals surface area contributed by atoms with Gasteiger partial charge in [-0.25, -0.2) is 9.48 Å². The fourth-order valence-corrected chi connectivity index (χ4v) is 2.59. The molecule has 25 heavy (non-hydrogen) atoms. The van der Waals surface area contributed by atoms with E-state index in [0.29, 0.717) is 11.5 Å². The van der Waals surface area contributed by atoms with Crippen LogP contribution in [0.1, 0.15) is 11.1 Å². The van der Waals surface area contributed by atoms with Gasteiger partial charge in [0, 0.05) is 18.9 Å². The summed E-state index contributed by atoms with van der Waals surface area (Å²) in [7, 11) is 1.61. The van der Waals surface area contributed by atoms with Crippen molar-refractivity contribution in [2.45, 2.75) is 20.4 Å². The van der Waals surface area contributed by atoms with Crippen LogP contribution in [-0.2, 0) is 18.4 Å². The molecule has 0 aliphatic heterocycles. The molecule has 0 atom stereocenters. The maximum atomic E-state index is 12.3. The first kappa shape index (κ1) is 16.6. The summed E-state index contributed by atoms with van der Waals surface area (Å²) in [6, 6.07) is 11.1. The molecule has 0 saturated heterocycles. The van der Waals surface area contributed by atoms with E-state index < -0.39 is 0 Å². The molecule has 1 N–H and O–H groups in total. The Balaban J connectivity index is 1.81. The van der Waals surface area contributed by atoms with Gasteiger partial charge in [0.1, 0.15) is 12.2 Å². The van der Waals surface area contributed by atoms with Gasteiger partial charge >= 0.3 is 5.69 Å². The van der Waals surface area contributed by atoms with Crippen LogP contribution in [-0.4, -0.2) is 25.2 Å². The van der Waals surface area contributed by atoms with E-state index >= 15 is 0 Å². The molecule has 2 heterocycles. The van der Waals surface area contributed by atoms with E-state index in [0.717, 1.165) is 21.5 Å². The number of nitrogens with zero attached hydrogens (tertiary/aromatic N) is 4. The van der Waals surface area contributed by atoms with Crippen molar-refractivity contribution in [1.82, 2.24) is 19.3 Å². The lowest BCUT2D eigenvalue weighted by Gasteiger charge is -2.08. The van der Waals surface area contributed by atoms with Gasteiger partial charge in [0.15, 0.2) is 5.82 Å². The first-order valence-corrected chi connectivity index (χ1v) is 7.88. The number of aryl methyl sites for hydroxylation is 2. The SMILES string of the molecule is Cc1ccc(NC(=O)Cn2nc(-c3ccccn3)n(C)c2=O)c(C)c1. The van der Waals surface area contributed by atoms with Gasteiger partial charge < -0.3 is 5.32 Å². The minimum absolute atomic E-state index is 0.160. The standard InChI is InChI=1S/C18H19N5O2/c1-12-7-8-14(13(2)10-12)20-16(24)11-23-18(25)22(3)17(21-23)15-6-4-5-9-19-15/h4-10H,11H2,1-3H3,(H,20,24). The first-order valence-electron chi connectivity index (χ1n) is 7.88. The Morgan fingerprint density at radius 2 is 2.00 bits per heavy atom. The van der Waals surface area contributed by atoms with Crippen LogP contribution < -0.4 is 11.0 Å². The summed E-state index contributed by atoms with van der Waals surface area (Å²) in [6.45, 7) is 3.76. The highest BCUT2D eigenvalue weighted by Crippen LogP contribution is 2.16. The zero-order valence-corrected chi connectivity index (χ0v) is 14.4. The molecule has 7 heteroatoms. The summed E-state index contributed by atoms with van der Waals surface area (Å²) in [4.78, 5) is 28.8. The molecule has 0 spiro atoms. The predicted octanol–water partition coefficient (Wildman–Crippen LogP) is 1.90. The van der Waals surface area contributed by atoms with Crippen molar-refractivity contribution in [2.75, 3.05) is 5.32 Å². The minimum Gasteiger partial charge on any atom is -0.324 e. The van der Waals surface area contributed by atoms with Crippen LogP contribution in [0.3, 0.4) is 0 Å². The molecule has 0 aliphatic rings. The van der Waals surface area contributed by atoms with E-state index in [4.69, 9.17) is 0 Å². The third kappa shape index (κ3) is 3.50. The van der Waals surface area contributed by atoms with Crippen LogP contribution in [0.2, 0.25) is 0 Å². The minimum atomic E-state index is -0.364. The molecule has 128 valence electrons. The number of hydrogen-bond donors (Lipinski definition) is 1. The number of hydrogen-bond acceptors (Lipinski definition) is 4. The molecule has 3 rings (SSSR count). The normalized spacial score (nSPS) is 10.7. The second kappa shape index (κ2) is 6.72. The van der Waals surface area contributed by atoms with Crippen LogP contribution in [0, 0.1) is 13.8 Å². The second-order valence-corrected chi connectivity index (χ2v) is 5.90. The highest BCUT2D eigenvalue weighted by molar-refractivity contribution is 5.91. The molecule has 2 aromatic heterocycles. The number of nitrogens with one attached hydrogen (secondary N) is 1. The highest BCUT2D eigenvalue weighted by atomic mass is 16.2. The molecule has 3 aromatic rings. The molecular weight excluding hydrogens is 318 g/mol. The molecule has 1 amide bonds. The summed E-state index contributed by atoms with van der Waals surface area (Å²) in [6.07, 6.45) is 1.63. The number of carbonyl (C=O) groups is 1. The zero-order valence-electron chi connectivity index (χ0n) is 14.4. The van der Waals surface area contributed by atoms with Gasteiger partial charge in [-0.2, -0.15) is 0 Å². The monoisotopic (exact) mass is 337 g/mol. The maximum Gasteiger partial charge on any atom is 0.346 e. The van der Waals surface area contributed by atoms with Gasteiger partial charge in [-0.05, 0) is 37.6 Å². The quantitative estimate of drug-likeness (QED) is 0.788. The molecular formula is C18H19N5O2. The third-order valence-corrected chi connectivity index (χ3v) is 3.88. The van der Waals surface area contributed by atoms with Crippen LogP contribution in [0.15, 0.2) is 47.4 Å². The Morgan fingerprint density at radius 3 is 2.68 bits per heavy atom. The zero-order chi connectivity index (χ0) is 18.0. The molecule has 0 fully saturated rings. The number of amides is 1. The fourth-order valence-electron chi connectivity index (χ4n) is 2.59. The number of benzene rings is 1. The van der Waals surface area contributed by atoms with Crippen LogP contribution in [0.25, 0.3) is 11.5 Å². The smallest absolute Gasteiger partial charge is 0.324 e. The summed E-state index contributed by atoms with van der Waals surface area (Å²) < 4.78 is 2.52. The highest BCUT2D eigenvalue weighted by Gasteiger charge is 2.15. The van der Waals surface area contributed by atoms with Crippen LogP contribution >= 0.6 is 0 Å². The van der Waals surface area contributed by atoms with E-state index in [-0.39, 0.29) is 18.1 Å². The number of rotatable bonds is 4. The lowest BCUT2D eigenvalue weighted by molar-refractivity contribution is -0.117. The average molecular weight is 337 g/mol. The summed E-state index contributed by atoms with van der Waals surface area (Å²) in [5, 5.41) is 7.06. The van der Waals surface area contributed by atoms with Gasteiger partial charge in [0.2, 0.25) is 5.91 Å². The third-order valence-electron chi connectivity index (χ3n) is 3.88. The predicted molar refractivity (Wildman–Crippen MR) is 95.2 cm³/mol. The summed E-state index contributed by atoms with van der Waals surface area (Å²) in [5.41, 5.74) is 3.03. The van der Waals surface area contributed by atoms with Crippen molar-refractivity contribution in [1.29, 1.82) is 0 Å². The van der Waals surface area contributed by atoms with Crippen molar-refractivity contribution < 1.29 is 4.79 Å². The van der Waals surface area contributed by atoms with E-state index in [2.05, 4.69) is 15.4 Å². The van der Waals surface area contributed by atoms with E-state index in [1.165, 1.54) is 4.57 Å². The first-order chi connectivity index (χ1) is 12.0. The van der Waals surface area contributed by atoms with Gasteiger partial charge in [-0.15, -0.1) is 5.10 Å². The largest absolute Gasteiger partial charge is 0.346 e. The van der Waals surface area contributed by atoms with Gasteiger partial charge in [0.25, 0.3) is 0 Å². The van der Waals surface area contributed by atoms with Crippen molar-refractivity contribution >= 4 is 11.6 Å². The molecule has 7 nitrogen and oxygen atoms in total. The number of anilines is 1. The lowest BCUT2D eigenvalue weighted by atomic mass is 10.1. The van der Waals surface area contributed by atoms with E-state index in [9.17, 15) is 9.59 Å². The van der Waals surface area contributed by atoms with Gasteiger partial charge in [-0.3, -0.25) is 14.3 Å². The van der Waals surface area contributed by atoms with Crippen molar-refractivity contribution in [3.63, 3.8) is 0 Å². The topological polar surface area (TPSA) is 81.8 Å². The van der Waals surface area contributed by atoms with Gasteiger partial charge in [0.05, 0.1) is 0 Å². The van der Waals surface area contributed by atoms with E-state index in [1.54, 1.807) is 25.4 Å². The van der Waals surface area contributed by atoms with E-state index in [1.807, 2.05) is 38.1 Å². The molecule has 0 saturated carbocycles. The van der Waals surface area contributed by atoms with Crippen molar-refractivity contribution in [3.8, 4) is 11.5 Å². The molecule has 1 aromatic carbocycles. The molecule has 0 radical (unpaired) electrons. The second-order valence-electron chi connectivity index (χ2n) is 5.90. The summed E-state index contributed by atoms with van der Waals surface area (Å²) >= 11 is 0. The number of carbonyl (C=O) groups excluding carboxylic acids is 1. The van der Waals surface area contributed by atoms with Crippen molar-refractivity contribution in [2.24, 2.45) is 7.05 Å². The van der Waals surface area contributed by atoms with Crippen molar-refractivity contribution in [3.05, 3.63) is 64.2 Å².